The summed E-state index contributed by atoms with van der Waals surface area (Å²) < 4.78 is 2.08. The van der Waals surface area contributed by atoms with Gasteiger partial charge >= 0.3 is 0 Å². The topological polar surface area (TPSA) is 29.3 Å². The van der Waals surface area contributed by atoms with E-state index in [1.54, 1.807) is 0 Å². The van der Waals surface area contributed by atoms with E-state index in [1.165, 1.54) is 5.69 Å². The van der Waals surface area contributed by atoms with Crippen LogP contribution in [-0.2, 0) is 6.42 Å². The smallest absolute Gasteiger partial charge is 0.136 e. The largest absolute Gasteiger partial charge is 0.316 e. The second kappa shape index (κ2) is 3.10. The molecule has 0 amide bonds. The van der Waals surface area contributed by atoms with Gasteiger partial charge in [-0.3, -0.25) is 0 Å². The third-order valence-corrected chi connectivity index (χ3v) is 2.78. The number of rotatable bonds is 2. The molecule has 14 heavy (non-hydrogen) atoms. The van der Waals surface area contributed by atoms with Gasteiger partial charge in [0.25, 0.3) is 0 Å². The minimum Gasteiger partial charge on any atom is -0.316 e. The molecule has 3 heterocycles. The zero-order valence-electron chi connectivity index (χ0n) is 7.98. The minimum atomic E-state index is 0.792. The minimum absolute atomic E-state index is 0.792. The number of aromatic nitrogens is 2. The molecule has 0 atom stereocenters. The Kier molecular flexibility index (Phi) is 1.77. The zero-order valence-corrected chi connectivity index (χ0v) is 7.98. The highest BCUT2D eigenvalue weighted by Gasteiger charge is 2.18. The van der Waals surface area contributed by atoms with Crippen molar-refractivity contribution < 1.29 is 0 Å². The third kappa shape index (κ3) is 1.30. The van der Waals surface area contributed by atoms with Crippen molar-refractivity contribution in [1.82, 2.24) is 14.7 Å². The molecular weight excluding hydrogens is 174 g/mol. The van der Waals surface area contributed by atoms with Crippen LogP contribution in [0.4, 0.5) is 0 Å². The molecule has 3 rings (SSSR count). The number of fused-ring (bicyclic) bond motifs is 1. The molecule has 0 spiro atoms. The molecular formula is C11H13N3. The van der Waals surface area contributed by atoms with Crippen LogP contribution in [0.2, 0.25) is 0 Å². The SMILES string of the molecule is c1ccn2cc(CC3CNC3)nc2c1. The summed E-state index contributed by atoms with van der Waals surface area (Å²) in [6.07, 6.45) is 5.28. The van der Waals surface area contributed by atoms with E-state index < -0.39 is 0 Å². The van der Waals surface area contributed by atoms with Crippen LogP contribution < -0.4 is 5.32 Å². The number of nitrogens with zero attached hydrogens (tertiary/aromatic N) is 2. The fraction of sp³-hybridized carbons (Fsp3) is 0.364. The Morgan fingerprint density at radius 1 is 1.43 bits per heavy atom. The van der Waals surface area contributed by atoms with Gasteiger partial charge in [0.05, 0.1) is 5.69 Å². The maximum atomic E-state index is 4.57. The average molecular weight is 187 g/mol. The second-order valence-corrected chi connectivity index (χ2v) is 3.93. The molecule has 3 heteroatoms. The molecule has 0 aliphatic carbocycles. The standard InChI is InChI=1S/C11H13N3/c1-2-4-14-8-10(13-11(14)3-1)5-9-6-12-7-9/h1-4,8-9,12H,5-7H2. The Bertz CT molecular complexity index is 409. The average Bonchev–Trinajstić information content (AvgIpc) is 2.53. The maximum Gasteiger partial charge on any atom is 0.136 e. The first-order valence-electron chi connectivity index (χ1n) is 5.05. The summed E-state index contributed by atoms with van der Waals surface area (Å²) in [5.74, 6) is 0.792. The quantitative estimate of drug-likeness (QED) is 0.762. The molecule has 0 radical (unpaired) electrons. The Morgan fingerprint density at radius 3 is 3.07 bits per heavy atom. The lowest BCUT2D eigenvalue weighted by molar-refractivity contribution is 0.344. The van der Waals surface area contributed by atoms with Gasteiger partial charge in [0.1, 0.15) is 5.65 Å². The van der Waals surface area contributed by atoms with E-state index >= 15 is 0 Å². The Hall–Kier alpha value is -1.35. The molecule has 0 saturated carbocycles. The lowest BCUT2D eigenvalue weighted by Crippen LogP contribution is -2.43. The van der Waals surface area contributed by atoms with E-state index in [4.69, 9.17) is 0 Å². The van der Waals surface area contributed by atoms with Crippen molar-refractivity contribution in [3.63, 3.8) is 0 Å². The van der Waals surface area contributed by atoms with Crippen LogP contribution in [0.5, 0.6) is 0 Å². The molecule has 0 aromatic carbocycles. The highest BCUT2D eigenvalue weighted by molar-refractivity contribution is 5.39. The highest BCUT2D eigenvalue weighted by atomic mass is 15.0. The van der Waals surface area contributed by atoms with Gasteiger partial charge in [-0.05, 0) is 37.6 Å². The van der Waals surface area contributed by atoms with Crippen molar-refractivity contribution in [2.45, 2.75) is 6.42 Å². The fourth-order valence-electron chi connectivity index (χ4n) is 1.87. The van der Waals surface area contributed by atoms with Crippen LogP contribution in [0, 0.1) is 5.92 Å². The molecule has 1 aliphatic rings. The summed E-state index contributed by atoms with van der Waals surface area (Å²) in [4.78, 5) is 4.57. The number of nitrogens with one attached hydrogen (secondary N) is 1. The van der Waals surface area contributed by atoms with Crippen LogP contribution in [-0.4, -0.2) is 22.5 Å². The number of hydrogen-bond donors (Lipinski definition) is 1. The zero-order chi connectivity index (χ0) is 9.38. The summed E-state index contributed by atoms with van der Waals surface area (Å²) in [5, 5.41) is 3.28. The van der Waals surface area contributed by atoms with Gasteiger partial charge < -0.3 is 9.72 Å². The van der Waals surface area contributed by atoms with Crippen molar-refractivity contribution in [1.29, 1.82) is 0 Å². The van der Waals surface area contributed by atoms with E-state index in [-0.39, 0.29) is 0 Å². The van der Waals surface area contributed by atoms with Gasteiger partial charge in [-0.25, -0.2) is 4.98 Å². The van der Waals surface area contributed by atoms with Crippen molar-refractivity contribution >= 4 is 5.65 Å². The van der Waals surface area contributed by atoms with Gasteiger partial charge in [0.15, 0.2) is 0 Å². The maximum absolute atomic E-state index is 4.57. The predicted octanol–water partition coefficient (Wildman–Crippen LogP) is 1.10. The Morgan fingerprint density at radius 2 is 2.36 bits per heavy atom. The van der Waals surface area contributed by atoms with E-state index in [2.05, 4.69) is 20.9 Å². The third-order valence-electron chi connectivity index (χ3n) is 2.78. The second-order valence-electron chi connectivity index (χ2n) is 3.93. The molecule has 3 nitrogen and oxygen atoms in total. The number of pyridine rings is 1. The molecule has 1 N–H and O–H groups in total. The highest BCUT2D eigenvalue weighted by Crippen LogP contribution is 2.12. The predicted molar refractivity (Wildman–Crippen MR) is 55.3 cm³/mol. The summed E-state index contributed by atoms with van der Waals surface area (Å²) in [6, 6.07) is 6.10. The first-order chi connectivity index (χ1) is 6.92. The van der Waals surface area contributed by atoms with E-state index in [1.807, 2.05) is 24.4 Å². The molecule has 0 unspecified atom stereocenters. The van der Waals surface area contributed by atoms with Crippen LogP contribution in [0.3, 0.4) is 0 Å². The number of hydrogen-bond acceptors (Lipinski definition) is 2. The summed E-state index contributed by atoms with van der Waals surface area (Å²) in [5.41, 5.74) is 2.26. The fourth-order valence-corrected chi connectivity index (χ4v) is 1.87. The van der Waals surface area contributed by atoms with Gasteiger partial charge in [-0.15, -0.1) is 0 Å². The molecule has 0 bridgehead atoms. The Balaban J connectivity index is 1.89. The van der Waals surface area contributed by atoms with E-state index in [0.29, 0.717) is 0 Å². The van der Waals surface area contributed by atoms with Crippen LogP contribution in [0.25, 0.3) is 5.65 Å². The molecule has 2 aromatic rings. The number of imidazole rings is 1. The van der Waals surface area contributed by atoms with Gasteiger partial charge in [-0.2, -0.15) is 0 Å². The first kappa shape index (κ1) is 8.00. The van der Waals surface area contributed by atoms with E-state index in [0.717, 1.165) is 31.1 Å². The van der Waals surface area contributed by atoms with Gasteiger partial charge in [0, 0.05) is 12.4 Å². The van der Waals surface area contributed by atoms with Crippen LogP contribution >= 0.6 is 0 Å². The first-order valence-corrected chi connectivity index (χ1v) is 5.05. The normalized spacial score (nSPS) is 17.1. The summed E-state index contributed by atoms with van der Waals surface area (Å²) in [6.45, 7) is 2.29. The van der Waals surface area contributed by atoms with Crippen LogP contribution in [0.1, 0.15) is 5.69 Å². The van der Waals surface area contributed by atoms with Crippen molar-refractivity contribution in [2.75, 3.05) is 13.1 Å². The van der Waals surface area contributed by atoms with Gasteiger partial charge in [-0.1, -0.05) is 6.07 Å². The monoisotopic (exact) mass is 187 g/mol. The molecule has 1 fully saturated rings. The molecule has 72 valence electrons. The molecule has 2 aromatic heterocycles. The van der Waals surface area contributed by atoms with Gasteiger partial charge in [0.2, 0.25) is 0 Å². The van der Waals surface area contributed by atoms with E-state index in [9.17, 15) is 0 Å². The van der Waals surface area contributed by atoms with Crippen molar-refractivity contribution in [2.24, 2.45) is 5.92 Å². The Labute approximate surface area is 82.8 Å². The molecule has 1 aliphatic heterocycles. The summed E-state index contributed by atoms with van der Waals surface area (Å²) >= 11 is 0. The van der Waals surface area contributed by atoms with Crippen LogP contribution in [0.15, 0.2) is 30.6 Å². The lowest BCUT2D eigenvalue weighted by Gasteiger charge is -2.25. The lowest BCUT2D eigenvalue weighted by atomic mass is 9.98. The van der Waals surface area contributed by atoms with Crippen molar-refractivity contribution in [3.8, 4) is 0 Å². The summed E-state index contributed by atoms with van der Waals surface area (Å²) in [7, 11) is 0. The van der Waals surface area contributed by atoms with Crippen molar-refractivity contribution in [3.05, 3.63) is 36.3 Å². The molecule has 1 saturated heterocycles.